The van der Waals surface area contributed by atoms with Crippen LogP contribution in [-0.2, 0) is 65.4 Å². The molecular formula is C74H144O17P2. The summed E-state index contributed by atoms with van der Waals surface area (Å²) in [6.45, 7) is 11.9. The highest BCUT2D eigenvalue weighted by Gasteiger charge is 2.30. The van der Waals surface area contributed by atoms with E-state index in [4.69, 9.17) is 37.0 Å². The van der Waals surface area contributed by atoms with E-state index in [0.717, 1.165) is 108 Å². The monoisotopic (exact) mass is 1370 g/mol. The number of unbranched alkanes of at least 4 members (excludes halogenated alkanes) is 39. The minimum absolute atomic E-state index is 0.105. The fourth-order valence-corrected chi connectivity index (χ4v) is 12.8. The number of esters is 4. The lowest BCUT2D eigenvalue weighted by atomic mass is 9.99. The summed E-state index contributed by atoms with van der Waals surface area (Å²) in [5.41, 5.74) is 0. The molecule has 0 spiro atoms. The molecule has 3 unspecified atom stereocenters. The number of phosphoric acid groups is 2. The van der Waals surface area contributed by atoms with E-state index < -0.39 is 97.5 Å². The molecule has 93 heavy (non-hydrogen) atoms. The molecule has 0 bridgehead atoms. The molecule has 0 saturated heterocycles. The number of phosphoric ester groups is 2. The highest BCUT2D eigenvalue weighted by molar-refractivity contribution is 7.47. The van der Waals surface area contributed by atoms with Gasteiger partial charge in [-0.25, -0.2) is 9.13 Å². The van der Waals surface area contributed by atoms with E-state index >= 15 is 0 Å². The normalized spacial score (nSPS) is 14.4. The van der Waals surface area contributed by atoms with Crippen molar-refractivity contribution in [2.75, 3.05) is 39.6 Å². The Labute approximate surface area is 568 Å². The molecule has 19 heteroatoms. The summed E-state index contributed by atoms with van der Waals surface area (Å²) in [5, 5.41) is 10.6. The van der Waals surface area contributed by atoms with Gasteiger partial charge < -0.3 is 33.8 Å². The van der Waals surface area contributed by atoms with E-state index in [9.17, 15) is 43.2 Å². The number of hydrogen-bond acceptors (Lipinski definition) is 15. The van der Waals surface area contributed by atoms with Gasteiger partial charge in [-0.15, -0.1) is 0 Å². The van der Waals surface area contributed by atoms with Crippen LogP contribution in [0.3, 0.4) is 0 Å². The van der Waals surface area contributed by atoms with E-state index in [1.165, 1.54) is 186 Å². The molecule has 0 saturated carbocycles. The van der Waals surface area contributed by atoms with E-state index in [1.54, 1.807) is 0 Å². The van der Waals surface area contributed by atoms with E-state index in [2.05, 4.69) is 48.5 Å². The van der Waals surface area contributed by atoms with Crippen LogP contribution < -0.4 is 0 Å². The van der Waals surface area contributed by atoms with Gasteiger partial charge in [-0.05, 0) is 43.4 Å². The van der Waals surface area contributed by atoms with Crippen molar-refractivity contribution in [1.82, 2.24) is 0 Å². The first kappa shape index (κ1) is 91.1. The molecule has 0 aromatic rings. The molecule has 0 radical (unpaired) electrons. The molecule has 0 aliphatic heterocycles. The van der Waals surface area contributed by atoms with E-state index in [-0.39, 0.29) is 25.7 Å². The fourth-order valence-electron chi connectivity index (χ4n) is 11.2. The molecule has 0 aliphatic carbocycles. The number of ether oxygens (including phenoxy) is 4. The second-order valence-corrected chi connectivity index (χ2v) is 30.8. The Hall–Kier alpha value is -1.94. The SMILES string of the molecule is CCCCCCCCCCCCCCCCC(=O)OC[C@H](COP(=O)(O)OC[C@@H](O)COP(=O)(O)OC[C@@H](COC(=O)CCCCCCCCCCC(C)CC)OC(=O)CCCCCCCCCCCCC(C)C)OC(=O)CCCCCCCCCCCCCC(C)C. The highest BCUT2D eigenvalue weighted by atomic mass is 31.2. The second-order valence-electron chi connectivity index (χ2n) is 27.9. The van der Waals surface area contributed by atoms with Crippen LogP contribution in [0.1, 0.15) is 376 Å². The fraction of sp³-hybridized carbons (Fsp3) is 0.946. The van der Waals surface area contributed by atoms with Gasteiger partial charge >= 0.3 is 39.5 Å². The van der Waals surface area contributed by atoms with Crippen molar-refractivity contribution in [3.8, 4) is 0 Å². The first-order valence-corrected chi connectivity index (χ1v) is 41.4. The Kier molecular flexibility index (Phi) is 63.4. The van der Waals surface area contributed by atoms with Gasteiger partial charge in [-0.1, -0.05) is 325 Å². The van der Waals surface area contributed by atoms with Crippen LogP contribution in [0.4, 0.5) is 0 Å². The zero-order chi connectivity index (χ0) is 68.7. The van der Waals surface area contributed by atoms with Crippen LogP contribution in [0, 0.1) is 17.8 Å². The van der Waals surface area contributed by atoms with Crippen LogP contribution in [0.2, 0.25) is 0 Å². The Morgan fingerprint density at radius 3 is 0.817 bits per heavy atom. The third-order valence-electron chi connectivity index (χ3n) is 17.5. The van der Waals surface area contributed by atoms with Crippen LogP contribution in [0.15, 0.2) is 0 Å². The zero-order valence-electron chi connectivity index (χ0n) is 60.7. The molecule has 0 aliphatic rings. The Balaban J connectivity index is 5.27. The van der Waals surface area contributed by atoms with Crippen molar-refractivity contribution in [2.45, 2.75) is 394 Å². The van der Waals surface area contributed by atoms with Crippen LogP contribution >= 0.6 is 15.6 Å². The molecular weight excluding hydrogens is 1220 g/mol. The average Bonchev–Trinajstić information content (AvgIpc) is 1.63. The molecule has 6 atom stereocenters. The summed E-state index contributed by atoms with van der Waals surface area (Å²) in [6.07, 6.45) is 49.8. The van der Waals surface area contributed by atoms with Gasteiger partial charge in [0.15, 0.2) is 12.2 Å². The van der Waals surface area contributed by atoms with Crippen LogP contribution in [-0.4, -0.2) is 96.7 Å². The van der Waals surface area contributed by atoms with Gasteiger partial charge in [0.2, 0.25) is 0 Å². The predicted octanol–water partition coefficient (Wildman–Crippen LogP) is 21.4. The molecule has 0 aromatic carbocycles. The van der Waals surface area contributed by atoms with E-state index in [0.29, 0.717) is 25.7 Å². The number of rotatable bonds is 72. The summed E-state index contributed by atoms with van der Waals surface area (Å²) in [5.74, 6) is 0.175. The third kappa shape index (κ3) is 67.0. The number of hydrogen-bond donors (Lipinski definition) is 3. The van der Waals surface area contributed by atoms with Crippen LogP contribution in [0.25, 0.3) is 0 Å². The highest BCUT2D eigenvalue weighted by Crippen LogP contribution is 2.45. The number of carbonyl (C=O) groups excluding carboxylic acids is 4. The van der Waals surface area contributed by atoms with Gasteiger partial charge in [0.05, 0.1) is 26.4 Å². The standard InChI is InChI=1S/C74H144O17P2/c1-8-10-11-12-13-14-15-16-17-20-26-34-41-48-55-71(76)84-61-69(90-73(78)57-50-43-36-27-21-18-19-24-31-38-45-52-65(3)4)63-88-92(80,81)86-59-68(75)60-87-93(82,83)89-64-70(62-85-72(77)56-49-42-35-30-29-33-40-47-54-67(7)9-2)91-74(79)58-51-44-37-28-23-22-25-32-39-46-53-66(5)6/h65-70,75H,8-64H2,1-7H3,(H,80,81)(H,82,83)/t67?,68-,69-,70-/m1/s1. The molecule has 3 N–H and O–H groups in total. The molecule has 0 rings (SSSR count). The molecule has 0 fully saturated rings. The number of aliphatic hydroxyl groups is 1. The van der Waals surface area contributed by atoms with Crippen molar-refractivity contribution >= 4 is 39.5 Å². The summed E-state index contributed by atoms with van der Waals surface area (Å²) in [6, 6.07) is 0. The quantitative estimate of drug-likeness (QED) is 0.0222. The lowest BCUT2D eigenvalue weighted by Gasteiger charge is -2.21. The topological polar surface area (TPSA) is 237 Å². The average molecular weight is 1370 g/mol. The second kappa shape index (κ2) is 64.7. The number of carbonyl (C=O) groups is 4. The third-order valence-corrected chi connectivity index (χ3v) is 19.4. The Morgan fingerprint density at radius 2 is 0.548 bits per heavy atom. The van der Waals surface area contributed by atoms with Gasteiger partial charge in [0.1, 0.15) is 19.3 Å². The zero-order valence-corrected chi connectivity index (χ0v) is 62.5. The predicted molar refractivity (Wildman–Crippen MR) is 377 cm³/mol. The molecule has 17 nitrogen and oxygen atoms in total. The summed E-state index contributed by atoms with van der Waals surface area (Å²) in [7, 11) is -9.91. The molecule has 0 heterocycles. The molecule has 0 amide bonds. The van der Waals surface area contributed by atoms with Gasteiger partial charge in [-0.2, -0.15) is 0 Å². The van der Waals surface area contributed by atoms with Crippen molar-refractivity contribution < 1.29 is 80.2 Å². The summed E-state index contributed by atoms with van der Waals surface area (Å²) >= 11 is 0. The lowest BCUT2D eigenvalue weighted by molar-refractivity contribution is -0.161. The van der Waals surface area contributed by atoms with Crippen molar-refractivity contribution in [3.63, 3.8) is 0 Å². The first-order valence-electron chi connectivity index (χ1n) is 38.4. The summed E-state index contributed by atoms with van der Waals surface area (Å²) in [4.78, 5) is 72.8. The van der Waals surface area contributed by atoms with Crippen molar-refractivity contribution in [1.29, 1.82) is 0 Å². The minimum atomic E-state index is -4.96. The van der Waals surface area contributed by atoms with Crippen molar-refractivity contribution in [3.05, 3.63) is 0 Å². The minimum Gasteiger partial charge on any atom is -0.462 e. The van der Waals surface area contributed by atoms with Gasteiger partial charge in [-0.3, -0.25) is 37.3 Å². The summed E-state index contributed by atoms with van der Waals surface area (Å²) < 4.78 is 68.5. The maximum absolute atomic E-state index is 13.1. The van der Waals surface area contributed by atoms with Crippen LogP contribution in [0.5, 0.6) is 0 Å². The molecule has 0 aromatic heterocycles. The maximum atomic E-state index is 13.1. The first-order chi connectivity index (χ1) is 44.8. The Bertz CT molecular complexity index is 1820. The lowest BCUT2D eigenvalue weighted by Crippen LogP contribution is -2.30. The maximum Gasteiger partial charge on any atom is 0.472 e. The van der Waals surface area contributed by atoms with Crippen molar-refractivity contribution in [2.24, 2.45) is 17.8 Å². The number of aliphatic hydroxyl groups excluding tert-OH is 1. The molecule has 552 valence electrons. The smallest absolute Gasteiger partial charge is 0.462 e. The van der Waals surface area contributed by atoms with E-state index in [1.807, 2.05) is 0 Å². The Morgan fingerprint density at radius 1 is 0.312 bits per heavy atom. The van der Waals surface area contributed by atoms with Gasteiger partial charge in [0.25, 0.3) is 0 Å². The largest absolute Gasteiger partial charge is 0.472 e. The van der Waals surface area contributed by atoms with Gasteiger partial charge in [0, 0.05) is 25.7 Å².